The summed E-state index contributed by atoms with van der Waals surface area (Å²) in [5, 5.41) is 0. The van der Waals surface area contributed by atoms with Crippen molar-refractivity contribution in [3.8, 4) is 0 Å². The van der Waals surface area contributed by atoms with E-state index in [1.165, 1.54) is 17.4 Å². The highest BCUT2D eigenvalue weighted by molar-refractivity contribution is 9.12. The number of hydrogen-bond acceptors (Lipinski definition) is 3. The molecule has 1 heterocycles. The topological polar surface area (TPSA) is 38.0 Å². The molecule has 8 heteroatoms. The predicted octanol–water partition coefficient (Wildman–Crippen LogP) is 5.04. The normalized spacial score (nSPS) is 13.4. The molecule has 1 aromatic heterocycles. The highest BCUT2D eigenvalue weighted by Crippen LogP contribution is 2.37. The smallest absolute Gasteiger partial charge is 0.271 e. The number of nitrogens with two attached hydrogens (primary N) is 1. The SMILES string of the molecule is NNC(Cc1cccc(C(F)(F)F)c1)c1cc(Br)sc1Br. The van der Waals surface area contributed by atoms with Crippen LogP contribution >= 0.6 is 43.2 Å². The van der Waals surface area contributed by atoms with Gasteiger partial charge in [0.1, 0.15) is 0 Å². The van der Waals surface area contributed by atoms with Crippen molar-refractivity contribution in [2.45, 2.75) is 18.6 Å². The molecular formula is C13H11Br2F3N2S. The Morgan fingerprint density at radius 1 is 1.24 bits per heavy atom. The van der Waals surface area contributed by atoms with Crippen LogP contribution in [0.4, 0.5) is 13.2 Å². The molecule has 0 aliphatic carbocycles. The lowest BCUT2D eigenvalue weighted by molar-refractivity contribution is -0.137. The number of rotatable bonds is 4. The van der Waals surface area contributed by atoms with Crippen LogP contribution in [0, 0.1) is 0 Å². The molecule has 0 spiro atoms. The van der Waals surface area contributed by atoms with Crippen molar-refractivity contribution in [3.05, 3.63) is 54.6 Å². The van der Waals surface area contributed by atoms with Crippen molar-refractivity contribution in [1.82, 2.24) is 5.43 Å². The molecule has 0 amide bonds. The maximum Gasteiger partial charge on any atom is 0.416 e. The molecule has 3 N–H and O–H groups in total. The molecule has 2 rings (SSSR count). The van der Waals surface area contributed by atoms with Gasteiger partial charge in [0, 0.05) is 0 Å². The van der Waals surface area contributed by atoms with Crippen molar-refractivity contribution in [2.24, 2.45) is 5.84 Å². The number of alkyl halides is 3. The zero-order chi connectivity index (χ0) is 15.6. The fourth-order valence-corrected chi connectivity index (χ4v) is 4.93. The molecule has 114 valence electrons. The summed E-state index contributed by atoms with van der Waals surface area (Å²) in [6, 6.07) is 6.91. The fourth-order valence-electron chi connectivity index (χ4n) is 1.96. The third kappa shape index (κ3) is 4.29. The van der Waals surface area contributed by atoms with E-state index >= 15 is 0 Å². The Morgan fingerprint density at radius 3 is 2.48 bits per heavy atom. The van der Waals surface area contributed by atoms with Crippen molar-refractivity contribution in [3.63, 3.8) is 0 Å². The Labute approximate surface area is 140 Å². The summed E-state index contributed by atoms with van der Waals surface area (Å²) in [6.07, 6.45) is -3.98. The van der Waals surface area contributed by atoms with E-state index in [9.17, 15) is 13.2 Å². The van der Waals surface area contributed by atoms with E-state index in [1.54, 1.807) is 6.07 Å². The summed E-state index contributed by atoms with van der Waals surface area (Å²) in [4.78, 5) is 0. The molecule has 0 aliphatic heterocycles. The van der Waals surface area contributed by atoms with Gasteiger partial charge in [-0.15, -0.1) is 11.3 Å². The Balaban J connectivity index is 2.25. The maximum absolute atomic E-state index is 12.7. The molecule has 1 aromatic carbocycles. The summed E-state index contributed by atoms with van der Waals surface area (Å²) >= 11 is 8.29. The second kappa shape index (κ2) is 6.78. The molecule has 0 aliphatic rings. The molecule has 0 fully saturated rings. The van der Waals surface area contributed by atoms with Gasteiger partial charge in [0.15, 0.2) is 0 Å². The summed E-state index contributed by atoms with van der Waals surface area (Å²) in [6.45, 7) is 0. The molecule has 0 saturated carbocycles. The molecule has 1 atom stereocenters. The van der Waals surface area contributed by atoms with Crippen LogP contribution < -0.4 is 11.3 Å². The Bertz CT molecular complexity index is 628. The average Bonchev–Trinajstić information content (AvgIpc) is 2.74. The lowest BCUT2D eigenvalue weighted by atomic mass is 10.00. The fraction of sp³-hybridized carbons (Fsp3) is 0.231. The summed E-state index contributed by atoms with van der Waals surface area (Å²) in [7, 11) is 0. The van der Waals surface area contributed by atoms with E-state index in [2.05, 4.69) is 37.3 Å². The van der Waals surface area contributed by atoms with Crippen molar-refractivity contribution < 1.29 is 13.2 Å². The van der Waals surface area contributed by atoms with Gasteiger partial charge in [0.05, 0.1) is 19.2 Å². The van der Waals surface area contributed by atoms with Crippen LogP contribution in [-0.4, -0.2) is 0 Å². The standard InChI is InChI=1S/C13H11Br2F3N2S/c14-11-6-9(12(15)21-11)10(20-19)5-7-2-1-3-8(4-7)13(16,17)18/h1-4,6,10,20H,5,19H2. The minimum atomic E-state index is -4.34. The number of thiophene rings is 1. The Hall–Kier alpha value is -0.410. The van der Waals surface area contributed by atoms with Gasteiger partial charge in [-0.1, -0.05) is 18.2 Å². The maximum atomic E-state index is 12.7. The van der Waals surface area contributed by atoms with Gasteiger partial charge in [-0.25, -0.2) is 0 Å². The van der Waals surface area contributed by atoms with Crippen LogP contribution in [0.5, 0.6) is 0 Å². The Morgan fingerprint density at radius 2 is 1.95 bits per heavy atom. The molecule has 0 bridgehead atoms. The molecule has 21 heavy (non-hydrogen) atoms. The zero-order valence-corrected chi connectivity index (χ0v) is 14.5. The van der Waals surface area contributed by atoms with Gasteiger partial charge in [-0.05, 0) is 61.5 Å². The van der Waals surface area contributed by atoms with Gasteiger partial charge in [-0.2, -0.15) is 13.2 Å². The van der Waals surface area contributed by atoms with Crippen molar-refractivity contribution in [2.75, 3.05) is 0 Å². The summed E-state index contributed by atoms with van der Waals surface area (Å²) in [5.41, 5.74) is 3.48. The molecule has 2 nitrogen and oxygen atoms in total. The molecule has 1 unspecified atom stereocenters. The lowest BCUT2D eigenvalue weighted by Gasteiger charge is -2.16. The van der Waals surface area contributed by atoms with Crippen LogP contribution in [0.1, 0.15) is 22.7 Å². The second-order valence-electron chi connectivity index (χ2n) is 4.40. The quantitative estimate of drug-likeness (QED) is 0.513. The van der Waals surface area contributed by atoms with E-state index < -0.39 is 11.7 Å². The van der Waals surface area contributed by atoms with Gasteiger partial charge in [0.2, 0.25) is 0 Å². The number of benzene rings is 1. The summed E-state index contributed by atoms with van der Waals surface area (Å²) < 4.78 is 40.0. The number of halogens is 5. The van der Waals surface area contributed by atoms with E-state index in [0.29, 0.717) is 12.0 Å². The predicted molar refractivity (Wildman–Crippen MR) is 84.9 cm³/mol. The highest BCUT2D eigenvalue weighted by atomic mass is 79.9. The van der Waals surface area contributed by atoms with Gasteiger partial charge < -0.3 is 0 Å². The third-order valence-electron chi connectivity index (χ3n) is 2.95. The first-order valence-corrected chi connectivity index (χ1v) is 8.28. The largest absolute Gasteiger partial charge is 0.416 e. The first kappa shape index (κ1) is 17.0. The number of nitrogens with one attached hydrogen (secondary N) is 1. The molecule has 0 saturated heterocycles. The van der Waals surface area contributed by atoms with Crippen LogP contribution in [0.2, 0.25) is 0 Å². The van der Waals surface area contributed by atoms with Gasteiger partial charge in [0.25, 0.3) is 0 Å². The first-order chi connectivity index (χ1) is 9.81. The second-order valence-corrected chi connectivity index (χ2v) is 8.15. The molecule has 2 aromatic rings. The van der Waals surface area contributed by atoms with Crippen LogP contribution in [0.25, 0.3) is 0 Å². The Kier molecular flexibility index (Phi) is 5.48. The zero-order valence-electron chi connectivity index (χ0n) is 10.5. The van der Waals surface area contributed by atoms with E-state index in [-0.39, 0.29) is 6.04 Å². The molecule has 0 radical (unpaired) electrons. The van der Waals surface area contributed by atoms with E-state index in [0.717, 1.165) is 25.3 Å². The van der Waals surface area contributed by atoms with Crippen LogP contribution in [0.15, 0.2) is 37.9 Å². The number of hydrazine groups is 1. The minimum Gasteiger partial charge on any atom is -0.271 e. The minimum absolute atomic E-state index is 0.273. The highest BCUT2D eigenvalue weighted by Gasteiger charge is 2.30. The van der Waals surface area contributed by atoms with Gasteiger partial charge >= 0.3 is 6.18 Å². The van der Waals surface area contributed by atoms with Gasteiger partial charge in [-0.3, -0.25) is 11.3 Å². The van der Waals surface area contributed by atoms with E-state index in [4.69, 9.17) is 5.84 Å². The van der Waals surface area contributed by atoms with E-state index in [1.807, 2.05) is 6.07 Å². The van der Waals surface area contributed by atoms with Crippen LogP contribution in [-0.2, 0) is 12.6 Å². The lowest BCUT2D eigenvalue weighted by Crippen LogP contribution is -2.29. The number of hydrogen-bond donors (Lipinski definition) is 2. The monoisotopic (exact) mass is 442 g/mol. The molecular weight excluding hydrogens is 433 g/mol. The van der Waals surface area contributed by atoms with Crippen LogP contribution in [0.3, 0.4) is 0 Å². The summed E-state index contributed by atoms with van der Waals surface area (Å²) in [5.74, 6) is 5.55. The van der Waals surface area contributed by atoms with Crippen molar-refractivity contribution in [1.29, 1.82) is 0 Å². The van der Waals surface area contributed by atoms with Crippen molar-refractivity contribution >= 4 is 43.2 Å². The third-order valence-corrected chi connectivity index (χ3v) is 5.34. The first-order valence-electron chi connectivity index (χ1n) is 5.88. The average molecular weight is 444 g/mol.